The highest BCUT2D eigenvalue weighted by atomic mass is 19.1. The van der Waals surface area contributed by atoms with Crippen molar-refractivity contribution in [3.63, 3.8) is 0 Å². The van der Waals surface area contributed by atoms with E-state index in [0.717, 1.165) is 12.8 Å². The van der Waals surface area contributed by atoms with Gasteiger partial charge in [-0.2, -0.15) is 0 Å². The number of hydrogen-bond donors (Lipinski definition) is 2. The molecule has 0 radical (unpaired) electrons. The van der Waals surface area contributed by atoms with Crippen LogP contribution in [0.15, 0.2) is 18.2 Å². The molecule has 0 aromatic heterocycles. The van der Waals surface area contributed by atoms with Crippen LogP contribution in [0, 0.1) is 5.82 Å². The van der Waals surface area contributed by atoms with Gasteiger partial charge >= 0.3 is 0 Å². The summed E-state index contributed by atoms with van der Waals surface area (Å²) >= 11 is 0. The van der Waals surface area contributed by atoms with Crippen LogP contribution in [0.25, 0.3) is 0 Å². The Morgan fingerprint density at radius 1 is 1.43 bits per heavy atom. The zero-order valence-corrected chi connectivity index (χ0v) is 8.31. The van der Waals surface area contributed by atoms with Crippen LogP contribution in [0.1, 0.15) is 26.2 Å². The third kappa shape index (κ3) is 1.67. The zero-order valence-electron chi connectivity index (χ0n) is 8.31. The van der Waals surface area contributed by atoms with Crippen molar-refractivity contribution < 1.29 is 4.39 Å². The maximum atomic E-state index is 12.9. The first-order valence-corrected chi connectivity index (χ1v) is 4.92. The van der Waals surface area contributed by atoms with E-state index in [2.05, 4.69) is 12.2 Å². The Balaban J connectivity index is 2.19. The van der Waals surface area contributed by atoms with E-state index in [-0.39, 0.29) is 11.4 Å². The molecule has 0 spiro atoms. The van der Waals surface area contributed by atoms with Crippen molar-refractivity contribution >= 4 is 11.4 Å². The molecule has 2 rings (SSSR count). The summed E-state index contributed by atoms with van der Waals surface area (Å²) in [5.74, 6) is -0.246. The minimum absolute atomic E-state index is 0.113. The molecule has 14 heavy (non-hydrogen) atoms. The fraction of sp³-hybridized carbons (Fsp3) is 0.455. The molecule has 2 nitrogen and oxygen atoms in total. The summed E-state index contributed by atoms with van der Waals surface area (Å²) in [7, 11) is 0. The molecule has 1 aromatic rings. The molecule has 1 aromatic carbocycles. The summed E-state index contributed by atoms with van der Waals surface area (Å²) in [6, 6.07) is 4.43. The Bertz CT molecular complexity index is 345. The highest BCUT2D eigenvalue weighted by Crippen LogP contribution is 2.36. The van der Waals surface area contributed by atoms with Crippen LogP contribution < -0.4 is 11.1 Å². The largest absolute Gasteiger partial charge is 0.397 e. The van der Waals surface area contributed by atoms with Crippen molar-refractivity contribution in [2.45, 2.75) is 31.7 Å². The second kappa shape index (κ2) is 3.15. The molecular formula is C11H15FN2. The van der Waals surface area contributed by atoms with Crippen molar-refractivity contribution in [1.29, 1.82) is 0 Å². The van der Waals surface area contributed by atoms with Crippen LogP contribution >= 0.6 is 0 Å². The Kier molecular flexibility index (Phi) is 2.10. The summed E-state index contributed by atoms with van der Waals surface area (Å²) in [5.41, 5.74) is 7.18. The SMILES string of the molecule is CC1(Nc2cc(F)ccc2N)CCC1. The van der Waals surface area contributed by atoms with Gasteiger partial charge in [-0.15, -0.1) is 0 Å². The number of rotatable bonds is 2. The average Bonchev–Trinajstić information content (AvgIpc) is 2.09. The number of nitrogens with two attached hydrogens (primary N) is 1. The fourth-order valence-electron chi connectivity index (χ4n) is 1.79. The lowest BCUT2D eigenvalue weighted by atomic mass is 9.78. The van der Waals surface area contributed by atoms with Gasteiger partial charge < -0.3 is 11.1 Å². The Morgan fingerprint density at radius 2 is 2.14 bits per heavy atom. The lowest BCUT2D eigenvalue weighted by Gasteiger charge is -2.40. The Labute approximate surface area is 83.3 Å². The van der Waals surface area contributed by atoms with Crippen molar-refractivity contribution in [3.05, 3.63) is 24.0 Å². The zero-order chi connectivity index (χ0) is 10.2. The molecule has 1 aliphatic rings. The molecule has 3 N–H and O–H groups in total. The Hall–Kier alpha value is -1.25. The molecule has 1 aliphatic carbocycles. The first-order valence-electron chi connectivity index (χ1n) is 4.92. The van der Waals surface area contributed by atoms with Gasteiger partial charge in [0.2, 0.25) is 0 Å². The fourth-order valence-corrected chi connectivity index (χ4v) is 1.79. The van der Waals surface area contributed by atoms with E-state index in [0.29, 0.717) is 11.4 Å². The van der Waals surface area contributed by atoms with Gasteiger partial charge in [-0.3, -0.25) is 0 Å². The third-order valence-corrected chi connectivity index (χ3v) is 2.91. The van der Waals surface area contributed by atoms with E-state index < -0.39 is 0 Å². The summed E-state index contributed by atoms with van der Waals surface area (Å²) in [5, 5.41) is 3.30. The number of nitrogens with one attached hydrogen (secondary N) is 1. The molecule has 0 saturated heterocycles. The summed E-state index contributed by atoms with van der Waals surface area (Å²) in [6.07, 6.45) is 3.49. The predicted molar refractivity (Wildman–Crippen MR) is 56.7 cm³/mol. The van der Waals surface area contributed by atoms with Crippen LogP contribution in [-0.4, -0.2) is 5.54 Å². The van der Waals surface area contributed by atoms with E-state index in [4.69, 9.17) is 5.73 Å². The van der Waals surface area contributed by atoms with Crippen LogP contribution in [0.2, 0.25) is 0 Å². The molecule has 1 fully saturated rings. The van der Waals surface area contributed by atoms with Gasteiger partial charge in [-0.1, -0.05) is 0 Å². The van der Waals surface area contributed by atoms with Gasteiger partial charge in [0.25, 0.3) is 0 Å². The number of hydrogen-bond acceptors (Lipinski definition) is 2. The van der Waals surface area contributed by atoms with Gasteiger partial charge in [0.1, 0.15) is 5.82 Å². The van der Waals surface area contributed by atoms with Crippen LogP contribution in [0.4, 0.5) is 15.8 Å². The average molecular weight is 194 g/mol. The Morgan fingerprint density at radius 3 is 2.71 bits per heavy atom. The number of benzene rings is 1. The van der Waals surface area contributed by atoms with E-state index in [1.807, 2.05) is 0 Å². The first kappa shape index (κ1) is 9.31. The van der Waals surface area contributed by atoms with E-state index >= 15 is 0 Å². The molecule has 3 heteroatoms. The second-order valence-corrected chi connectivity index (χ2v) is 4.27. The molecular weight excluding hydrogens is 179 g/mol. The topological polar surface area (TPSA) is 38.0 Å². The monoisotopic (exact) mass is 194 g/mol. The first-order chi connectivity index (χ1) is 6.59. The molecule has 0 heterocycles. The molecule has 0 unspecified atom stereocenters. The number of nitrogen functional groups attached to an aromatic ring is 1. The maximum absolute atomic E-state index is 12.9. The van der Waals surface area contributed by atoms with Gasteiger partial charge in [-0.05, 0) is 44.4 Å². The molecule has 0 amide bonds. The van der Waals surface area contributed by atoms with E-state index in [9.17, 15) is 4.39 Å². The van der Waals surface area contributed by atoms with Gasteiger partial charge in [0, 0.05) is 5.54 Å². The number of anilines is 2. The molecule has 0 aliphatic heterocycles. The highest BCUT2D eigenvalue weighted by molar-refractivity contribution is 5.67. The van der Waals surface area contributed by atoms with Crippen molar-refractivity contribution in [1.82, 2.24) is 0 Å². The highest BCUT2D eigenvalue weighted by Gasteiger charge is 2.31. The van der Waals surface area contributed by atoms with Gasteiger partial charge in [0.15, 0.2) is 0 Å². The summed E-state index contributed by atoms with van der Waals surface area (Å²) < 4.78 is 12.9. The molecule has 0 atom stereocenters. The van der Waals surface area contributed by atoms with E-state index in [1.165, 1.54) is 18.6 Å². The van der Waals surface area contributed by atoms with Crippen molar-refractivity contribution in [2.75, 3.05) is 11.1 Å². The predicted octanol–water partition coefficient (Wildman–Crippen LogP) is 2.76. The molecule has 76 valence electrons. The smallest absolute Gasteiger partial charge is 0.125 e. The quantitative estimate of drug-likeness (QED) is 0.710. The minimum Gasteiger partial charge on any atom is -0.397 e. The summed E-state index contributed by atoms with van der Waals surface area (Å²) in [6.45, 7) is 2.14. The van der Waals surface area contributed by atoms with Crippen molar-refractivity contribution in [2.24, 2.45) is 0 Å². The van der Waals surface area contributed by atoms with Gasteiger partial charge in [-0.25, -0.2) is 4.39 Å². The second-order valence-electron chi connectivity index (χ2n) is 4.27. The van der Waals surface area contributed by atoms with Crippen LogP contribution in [0.5, 0.6) is 0 Å². The van der Waals surface area contributed by atoms with Gasteiger partial charge in [0.05, 0.1) is 11.4 Å². The van der Waals surface area contributed by atoms with Crippen LogP contribution in [0.3, 0.4) is 0 Å². The third-order valence-electron chi connectivity index (χ3n) is 2.91. The van der Waals surface area contributed by atoms with E-state index in [1.54, 1.807) is 6.07 Å². The standard InChI is InChI=1S/C11H15FN2/c1-11(5-2-6-11)14-10-7-8(12)3-4-9(10)13/h3-4,7,14H,2,5-6,13H2,1H3. The lowest BCUT2D eigenvalue weighted by Crippen LogP contribution is -2.41. The maximum Gasteiger partial charge on any atom is 0.125 e. The molecule has 1 saturated carbocycles. The van der Waals surface area contributed by atoms with Crippen molar-refractivity contribution in [3.8, 4) is 0 Å². The summed E-state index contributed by atoms with van der Waals surface area (Å²) in [4.78, 5) is 0. The van der Waals surface area contributed by atoms with Crippen LogP contribution in [-0.2, 0) is 0 Å². The normalized spacial score (nSPS) is 18.7. The minimum atomic E-state index is -0.246. The number of halogens is 1. The molecule has 0 bridgehead atoms. The lowest BCUT2D eigenvalue weighted by molar-refractivity contribution is 0.306.